The Labute approximate surface area is 112 Å². The Bertz CT molecular complexity index is 479. The van der Waals surface area contributed by atoms with E-state index in [0.717, 1.165) is 31.5 Å². The lowest BCUT2D eigenvalue weighted by Crippen LogP contribution is -2.38. The number of carbonyl (C=O) groups excluding carboxylic acids is 1. The number of carbonyl (C=O) groups is 1. The molecule has 2 rings (SSSR count). The van der Waals surface area contributed by atoms with Crippen molar-refractivity contribution >= 4 is 17.4 Å². The van der Waals surface area contributed by atoms with Gasteiger partial charge >= 0.3 is 6.03 Å². The van der Waals surface area contributed by atoms with Gasteiger partial charge in [-0.2, -0.15) is 0 Å². The highest BCUT2D eigenvalue weighted by Crippen LogP contribution is 2.18. The highest BCUT2D eigenvalue weighted by atomic mass is 16.4. The zero-order valence-corrected chi connectivity index (χ0v) is 11.1. The molecule has 1 heterocycles. The molecule has 0 aliphatic carbocycles. The number of oxime groups is 1. The Morgan fingerprint density at radius 3 is 2.63 bits per heavy atom. The topological polar surface area (TPSA) is 64.9 Å². The van der Waals surface area contributed by atoms with Gasteiger partial charge in [0.05, 0.1) is 11.4 Å². The molecule has 2 amide bonds. The lowest BCUT2D eigenvalue weighted by Gasteiger charge is -2.27. The first kappa shape index (κ1) is 13.4. The standard InChI is InChI=1S/C14H19N3O2/c1-11(16-19)12-7-3-4-8-13(12)15-14(18)17-9-5-2-6-10-17/h3-4,7-8,19H,2,5-6,9-10H2,1H3,(H,15,18). The molecule has 0 saturated carbocycles. The summed E-state index contributed by atoms with van der Waals surface area (Å²) in [5.41, 5.74) is 1.89. The van der Waals surface area contributed by atoms with Gasteiger partial charge in [-0.05, 0) is 32.3 Å². The van der Waals surface area contributed by atoms with E-state index in [4.69, 9.17) is 5.21 Å². The second-order valence-electron chi connectivity index (χ2n) is 4.71. The molecule has 0 aromatic heterocycles. The lowest BCUT2D eigenvalue weighted by atomic mass is 10.1. The smallest absolute Gasteiger partial charge is 0.321 e. The van der Waals surface area contributed by atoms with Crippen LogP contribution in [-0.2, 0) is 0 Å². The number of anilines is 1. The van der Waals surface area contributed by atoms with E-state index in [1.165, 1.54) is 6.42 Å². The highest BCUT2D eigenvalue weighted by Gasteiger charge is 2.17. The van der Waals surface area contributed by atoms with Crippen molar-refractivity contribution in [1.82, 2.24) is 4.90 Å². The number of nitrogens with one attached hydrogen (secondary N) is 1. The van der Waals surface area contributed by atoms with Gasteiger partial charge in [-0.3, -0.25) is 0 Å². The summed E-state index contributed by atoms with van der Waals surface area (Å²) in [7, 11) is 0. The third-order valence-electron chi connectivity index (χ3n) is 3.35. The number of likely N-dealkylation sites (tertiary alicyclic amines) is 1. The second-order valence-corrected chi connectivity index (χ2v) is 4.71. The second kappa shape index (κ2) is 6.22. The summed E-state index contributed by atoms with van der Waals surface area (Å²) in [5, 5.41) is 14.9. The molecule has 5 nitrogen and oxygen atoms in total. The molecule has 0 spiro atoms. The van der Waals surface area contributed by atoms with Gasteiger partial charge in [0.2, 0.25) is 0 Å². The van der Waals surface area contributed by atoms with E-state index in [0.29, 0.717) is 11.4 Å². The molecule has 1 aromatic rings. The molecule has 1 aromatic carbocycles. The maximum absolute atomic E-state index is 12.1. The Morgan fingerprint density at radius 2 is 1.95 bits per heavy atom. The number of amides is 2. The largest absolute Gasteiger partial charge is 0.411 e. The average Bonchev–Trinajstić information content (AvgIpc) is 2.48. The fraction of sp³-hybridized carbons (Fsp3) is 0.429. The Balaban J connectivity index is 2.12. The van der Waals surface area contributed by atoms with E-state index in [9.17, 15) is 4.79 Å². The van der Waals surface area contributed by atoms with E-state index >= 15 is 0 Å². The summed E-state index contributed by atoms with van der Waals surface area (Å²) in [6.45, 7) is 3.31. The van der Waals surface area contributed by atoms with Gasteiger partial charge in [-0.25, -0.2) is 4.79 Å². The van der Waals surface area contributed by atoms with Crippen LogP contribution in [0, 0.1) is 0 Å². The molecule has 0 unspecified atom stereocenters. The van der Waals surface area contributed by atoms with Crippen LogP contribution in [0.15, 0.2) is 29.4 Å². The third-order valence-corrected chi connectivity index (χ3v) is 3.35. The first-order chi connectivity index (χ1) is 9.22. The Morgan fingerprint density at radius 1 is 1.26 bits per heavy atom. The molecule has 5 heteroatoms. The molecule has 2 N–H and O–H groups in total. The number of benzene rings is 1. The van der Waals surface area contributed by atoms with Crippen LogP contribution in [0.1, 0.15) is 31.7 Å². The van der Waals surface area contributed by atoms with Crippen molar-refractivity contribution in [3.63, 3.8) is 0 Å². The van der Waals surface area contributed by atoms with Crippen molar-refractivity contribution < 1.29 is 10.0 Å². The SMILES string of the molecule is CC(=NO)c1ccccc1NC(=O)N1CCCCC1. The predicted octanol–water partition coefficient (Wildman–Crippen LogP) is 2.90. The van der Waals surface area contributed by atoms with Gasteiger partial charge < -0.3 is 15.4 Å². The van der Waals surface area contributed by atoms with Gasteiger partial charge in [-0.15, -0.1) is 0 Å². The van der Waals surface area contributed by atoms with Gasteiger partial charge in [0.1, 0.15) is 0 Å². The summed E-state index contributed by atoms with van der Waals surface area (Å²) < 4.78 is 0. The van der Waals surface area contributed by atoms with Crippen LogP contribution in [-0.4, -0.2) is 34.9 Å². The van der Waals surface area contributed by atoms with Gasteiger partial charge in [0, 0.05) is 18.7 Å². The van der Waals surface area contributed by atoms with E-state index < -0.39 is 0 Å². The zero-order chi connectivity index (χ0) is 13.7. The van der Waals surface area contributed by atoms with Crippen LogP contribution >= 0.6 is 0 Å². The first-order valence-electron chi connectivity index (χ1n) is 6.56. The molecule has 0 radical (unpaired) electrons. The summed E-state index contributed by atoms with van der Waals surface area (Å²) in [6.07, 6.45) is 3.31. The van der Waals surface area contributed by atoms with Crippen molar-refractivity contribution in [2.24, 2.45) is 5.16 Å². The van der Waals surface area contributed by atoms with Crippen molar-refractivity contribution in [1.29, 1.82) is 0 Å². The number of piperidine rings is 1. The van der Waals surface area contributed by atoms with Gasteiger partial charge in [-0.1, -0.05) is 23.4 Å². The Hall–Kier alpha value is -2.04. The summed E-state index contributed by atoms with van der Waals surface area (Å²) in [4.78, 5) is 14.0. The van der Waals surface area contributed by atoms with E-state index in [1.807, 2.05) is 29.2 Å². The van der Waals surface area contributed by atoms with Crippen LogP contribution in [0.25, 0.3) is 0 Å². The molecule has 1 aliphatic rings. The normalized spacial score (nSPS) is 16.3. The monoisotopic (exact) mass is 261 g/mol. The van der Waals surface area contributed by atoms with Crippen molar-refractivity contribution in [2.75, 3.05) is 18.4 Å². The minimum Gasteiger partial charge on any atom is -0.411 e. The lowest BCUT2D eigenvalue weighted by molar-refractivity contribution is 0.200. The van der Waals surface area contributed by atoms with Gasteiger partial charge in [0.15, 0.2) is 0 Å². The van der Waals surface area contributed by atoms with Crippen LogP contribution in [0.2, 0.25) is 0 Å². The van der Waals surface area contributed by atoms with E-state index in [-0.39, 0.29) is 6.03 Å². The maximum atomic E-state index is 12.1. The van der Waals surface area contributed by atoms with Crippen molar-refractivity contribution in [3.05, 3.63) is 29.8 Å². The third kappa shape index (κ3) is 3.24. The number of hydrogen-bond donors (Lipinski definition) is 2. The zero-order valence-electron chi connectivity index (χ0n) is 11.1. The molecule has 19 heavy (non-hydrogen) atoms. The minimum atomic E-state index is -0.0853. The minimum absolute atomic E-state index is 0.0853. The molecule has 1 aliphatic heterocycles. The number of para-hydroxylation sites is 1. The number of rotatable bonds is 2. The molecule has 1 fully saturated rings. The first-order valence-corrected chi connectivity index (χ1v) is 6.56. The van der Waals surface area contributed by atoms with Crippen LogP contribution in [0.3, 0.4) is 0 Å². The fourth-order valence-electron chi connectivity index (χ4n) is 2.25. The van der Waals surface area contributed by atoms with Crippen LogP contribution in [0.4, 0.5) is 10.5 Å². The van der Waals surface area contributed by atoms with Gasteiger partial charge in [0.25, 0.3) is 0 Å². The number of nitrogens with zero attached hydrogens (tertiary/aromatic N) is 2. The van der Waals surface area contributed by atoms with E-state index in [1.54, 1.807) is 6.92 Å². The molecule has 0 bridgehead atoms. The maximum Gasteiger partial charge on any atom is 0.321 e. The highest BCUT2D eigenvalue weighted by molar-refractivity contribution is 6.06. The Kier molecular flexibility index (Phi) is 4.39. The summed E-state index contributed by atoms with van der Waals surface area (Å²) >= 11 is 0. The number of urea groups is 1. The number of hydrogen-bond acceptors (Lipinski definition) is 3. The summed E-state index contributed by atoms with van der Waals surface area (Å²) in [5.74, 6) is 0. The van der Waals surface area contributed by atoms with Crippen molar-refractivity contribution in [2.45, 2.75) is 26.2 Å². The van der Waals surface area contributed by atoms with Crippen LogP contribution < -0.4 is 5.32 Å². The quantitative estimate of drug-likeness (QED) is 0.488. The fourth-order valence-corrected chi connectivity index (χ4v) is 2.25. The molecular weight excluding hydrogens is 242 g/mol. The molecule has 102 valence electrons. The van der Waals surface area contributed by atoms with Crippen molar-refractivity contribution in [3.8, 4) is 0 Å². The van der Waals surface area contributed by atoms with E-state index in [2.05, 4.69) is 10.5 Å². The summed E-state index contributed by atoms with van der Waals surface area (Å²) in [6, 6.07) is 7.24. The van der Waals surface area contributed by atoms with Crippen LogP contribution in [0.5, 0.6) is 0 Å². The molecule has 1 saturated heterocycles. The average molecular weight is 261 g/mol. The molecule has 0 atom stereocenters. The predicted molar refractivity (Wildman–Crippen MR) is 74.9 cm³/mol. The molecular formula is C14H19N3O2.